The number of nitrogens with one attached hydrogen (secondary N) is 1. The van der Waals surface area contributed by atoms with Gasteiger partial charge in [-0.25, -0.2) is 9.82 Å². The third kappa shape index (κ3) is 5.56. The van der Waals surface area contributed by atoms with Gasteiger partial charge in [-0.15, -0.1) is 0 Å². The van der Waals surface area contributed by atoms with Crippen LogP contribution in [0.5, 0.6) is 5.75 Å². The topological polar surface area (TPSA) is 71.0 Å². The summed E-state index contributed by atoms with van der Waals surface area (Å²) < 4.78 is 19.4. The van der Waals surface area contributed by atoms with Crippen LogP contribution in [0.3, 0.4) is 0 Å². The molecule has 4 rings (SSSR count). The molecule has 6 nitrogen and oxygen atoms in total. The van der Waals surface area contributed by atoms with E-state index in [4.69, 9.17) is 16.3 Å². The second-order valence-corrected chi connectivity index (χ2v) is 7.94. The first kappa shape index (κ1) is 22.5. The fraction of sp³-hybridized carbons (Fsp3) is 0.160. The zero-order valence-corrected chi connectivity index (χ0v) is 18.3. The predicted molar refractivity (Wildman–Crippen MR) is 125 cm³/mol. The molecule has 0 unspecified atom stereocenters. The molecule has 1 N–H and O–H groups in total. The van der Waals surface area contributed by atoms with Crippen molar-refractivity contribution in [2.75, 3.05) is 11.4 Å². The van der Waals surface area contributed by atoms with E-state index < -0.39 is 11.7 Å². The van der Waals surface area contributed by atoms with Crippen LogP contribution in [-0.2, 0) is 16.2 Å². The molecule has 0 radical (unpaired) electrons. The van der Waals surface area contributed by atoms with Crippen molar-refractivity contribution in [2.45, 2.75) is 13.0 Å². The molecule has 168 valence electrons. The van der Waals surface area contributed by atoms with Crippen molar-refractivity contribution in [3.8, 4) is 5.75 Å². The average Bonchev–Trinajstić information content (AvgIpc) is 3.22. The number of hydrazone groups is 1. The van der Waals surface area contributed by atoms with E-state index in [0.717, 1.165) is 11.3 Å². The molecule has 0 aliphatic carbocycles. The summed E-state index contributed by atoms with van der Waals surface area (Å²) in [5.74, 6) is -0.730. The number of ether oxygens (including phenoxy) is 1. The van der Waals surface area contributed by atoms with E-state index >= 15 is 0 Å². The van der Waals surface area contributed by atoms with Crippen LogP contribution in [0.25, 0.3) is 0 Å². The second kappa shape index (κ2) is 10.3. The molecule has 0 aromatic heterocycles. The fourth-order valence-corrected chi connectivity index (χ4v) is 3.70. The summed E-state index contributed by atoms with van der Waals surface area (Å²) in [6.07, 6.45) is 1.65. The predicted octanol–water partition coefficient (Wildman–Crippen LogP) is 4.56. The minimum absolute atomic E-state index is 0.00904. The molecule has 1 atom stereocenters. The number of nitrogens with zero attached hydrogens (tertiary/aromatic N) is 2. The molecule has 3 aromatic carbocycles. The molecule has 2 amide bonds. The molecule has 0 saturated carbocycles. The number of hydrogen-bond acceptors (Lipinski definition) is 4. The van der Waals surface area contributed by atoms with E-state index in [1.165, 1.54) is 18.3 Å². The Morgan fingerprint density at radius 1 is 1.12 bits per heavy atom. The lowest BCUT2D eigenvalue weighted by Gasteiger charge is -2.16. The Balaban J connectivity index is 1.28. The number of carbonyl (C=O) groups is 2. The first-order valence-electron chi connectivity index (χ1n) is 10.4. The Bertz CT molecular complexity index is 1150. The quantitative estimate of drug-likeness (QED) is 0.410. The third-order valence-corrected chi connectivity index (χ3v) is 5.63. The Morgan fingerprint density at radius 2 is 1.88 bits per heavy atom. The van der Waals surface area contributed by atoms with E-state index in [9.17, 15) is 14.0 Å². The standard InChI is InChI=1S/C25H21ClFN3O3/c26-22-7-4-8-23(27)21(22)16-33-20-11-9-17(10-12-20)14-28-29-25(32)18-13-24(31)30(15-18)19-5-2-1-3-6-19/h1-12,14,18H,13,15-16H2,(H,29,32)/b28-14-/t18-/m1/s1. The van der Waals surface area contributed by atoms with E-state index in [-0.39, 0.29) is 24.8 Å². The molecule has 1 heterocycles. The van der Waals surface area contributed by atoms with Crippen LogP contribution in [-0.4, -0.2) is 24.6 Å². The lowest BCUT2D eigenvalue weighted by Crippen LogP contribution is -2.30. The highest BCUT2D eigenvalue weighted by atomic mass is 35.5. The highest BCUT2D eigenvalue weighted by Gasteiger charge is 2.35. The summed E-state index contributed by atoms with van der Waals surface area (Å²) in [4.78, 5) is 26.3. The van der Waals surface area contributed by atoms with Gasteiger partial charge in [0.05, 0.1) is 17.2 Å². The summed E-state index contributed by atoms with van der Waals surface area (Å²) in [7, 11) is 0. The van der Waals surface area contributed by atoms with Crippen LogP contribution in [0, 0.1) is 11.7 Å². The molecular weight excluding hydrogens is 445 g/mol. The number of anilines is 1. The molecule has 8 heteroatoms. The molecule has 1 aliphatic heterocycles. The van der Waals surface area contributed by atoms with Crippen molar-refractivity contribution in [1.29, 1.82) is 0 Å². The van der Waals surface area contributed by atoms with Crippen LogP contribution in [0.2, 0.25) is 5.02 Å². The van der Waals surface area contributed by atoms with Crippen LogP contribution in [0.1, 0.15) is 17.5 Å². The zero-order chi connectivity index (χ0) is 23.2. The molecule has 0 spiro atoms. The summed E-state index contributed by atoms with van der Waals surface area (Å²) >= 11 is 6.00. The molecule has 1 aliphatic rings. The zero-order valence-electron chi connectivity index (χ0n) is 17.6. The van der Waals surface area contributed by atoms with Crippen molar-refractivity contribution >= 4 is 35.3 Å². The van der Waals surface area contributed by atoms with Gasteiger partial charge in [0.25, 0.3) is 0 Å². The minimum Gasteiger partial charge on any atom is -0.489 e. The Labute approximate surface area is 195 Å². The second-order valence-electron chi connectivity index (χ2n) is 7.53. The number of benzene rings is 3. The van der Waals surface area contributed by atoms with Crippen molar-refractivity contribution in [1.82, 2.24) is 5.43 Å². The van der Waals surface area contributed by atoms with Crippen molar-refractivity contribution < 1.29 is 18.7 Å². The SMILES string of the molecule is O=C(N/N=C\c1ccc(OCc2c(F)cccc2Cl)cc1)[C@@H]1CC(=O)N(c2ccccc2)C1. The number of amides is 2. The summed E-state index contributed by atoms with van der Waals surface area (Å²) in [5.41, 5.74) is 4.31. The van der Waals surface area contributed by atoms with Crippen molar-refractivity contribution in [3.63, 3.8) is 0 Å². The van der Waals surface area contributed by atoms with Gasteiger partial charge in [0.15, 0.2) is 0 Å². The number of halogens is 2. The van der Waals surface area contributed by atoms with Gasteiger partial charge in [-0.1, -0.05) is 35.9 Å². The van der Waals surface area contributed by atoms with Crippen molar-refractivity contribution in [2.24, 2.45) is 11.0 Å². The molecule has 1 fully saturated rings. The maximum absolute atomic E-state index is 13.8. The maximum Gasteiger partial charge on any atom is 0.245 e. The normalized spacial score (nSPS) is 15.8. The van der Waals surface area contributed by atoms with Gasteiger partial charge in [-0.05, 0) is 54.1 Å². The Kier molecular flexibility index (Phi) is 7.00. The van der Waals surface area contributed by atoms with Gasteiger partial charge in [0, 0.05) is 24.2 Å². The first-order chi connectivity index (χ1) is 16.0. The van der Waals surface area contributed by atoms with Crippen LogP contribution in [0.4, 0.5) is 10.1 Å². The van der Waals surface area contributed by atoms with E-state index in [0.29, 0.717) is 22.9 Å². The number of para-hydroxylation sites is 1. The van der Waals surface area contributed by atoms with Gasteiger partial charge < -0.3 is 9.64 Å². The number of carbonyl (C=O) groups excluding carboxylic acids is 2. The smallest absolute Gasteiger partial charge is 0.245 e. The van der Waals surface area contributed by atoms with Crippen molar-refractivity contribution in [3.05, 3.63) is 94.8 Å². The molecule has 33 heavy (non-hydrogen) atoms. The molecular formula is C25H21ClFN3O3. The lowest BCUT2D eigenvalue weighted by molar-refractivity contribution is -0.126. The third-order valence-electron chi connectivity index (χ3n) is 5.28. The molecule has 3 aromatic rings. The first-order valence-corrected chi connectivity index (χ1v) is 10.7. The summed E-state index contributed by atoms with van der Waals surface area (Å²) in [5, 5.41) is 4.30. The van der Waals surface area contributed by atoms with E-state index in [1.54, 1.807) is 35.2 Å². The Hall–Kier alpha value is -3.71. The van der Waals surface area contributed by atoms with Gasteiger partial charge in [-0.3, -0.25) is 9.59 Å². The van der Waals surface area contributed by atoms with Gasteiger partial charge in [0.2, 0.25) is 11.8 Å². The summed E-state index contributed by atoms with van der Waals surface area (Å²) in [6.45, 7) is 0.331. The van der Waals surface area contributed by atoms with Crippen LogP contribution in [0.15, 0.2) is 77.9 Å². The van der Waals surface area contributed by atoms with Crippen LogP contribution < -0.4 is 15.1 Å². The maximum atomic E-state index is 13.8. The molecule has 1 saturated heterocycles. The fourth-order valence-electron chi connectivity index (χ4n) is 3.48. The van der Waals surface area contributed by atoms with E-state index in [2.05, 4.69) is 10.5 Å². The van der Waals surface area contributed by atoms with Gasteiger partial charge in [-0.2, -0.15) is 5.10 Å². The number of rotatable bonds is 7. The highest BCUT2D eigenvalue weighted by Crippen LogP contribution is 2.25. The van der Waals surface area contributed by atoms with Gasteiger partial charge >= 0.3 is 0 Å². The Morgan fingerprint density at radius 3 is 2.61 bits per heavy atom. The lowest BCUT2D eigenvalue weighted by atomic mass is 10.1. The summed E-state index contributed by atoms with van der Waals surface area (Å²) in [6, 6.07) is 20.7. The van der Waals surface area contributed by atoms with Crippen LogP contribution >= 0.6 is 11.6 Å². The number of hydrogen-bond donors (Lipinski definition) is 1. The average molecular weight is 466 g/mol. The largest absolute Gasteiger partial charge is 0.489 e. The highest BCUT2D eigenvalue weighted by molar-refractivity contribution is 6.31. The van der Waals surface area contributed by atoms with Gasteiger partial charge in [0.1, 0.15) is 18.2 Å². The van der Waals surface area contributed by atoms with E-state index in [1.807, 2.05) is 30.3 Å². The monoisotopic (exact) mass is 465 g/mol. The molecule has 0 bridgehead atoms. The minimum atomic E-state index is -0.462.